The number of aliphatic imine (C=N–C) groups is 1. The number of benzene rings is 2. The molecule has 0 spiro atoms. The predicted octanol–water partition coefficient (Wildman–Crippen LogP) is 4.06. The smallest absolute Gasteiger partial charge is 0.196 e. The van der Waals surface area contributed by atoms with E-state index in [2.05, 4.69) is 34.7 Å². The van der Waals surface area contributed by atoms with Gasteiger partial charge in [-0.25, -0.2) is 4.99 Å². The summed E-state index contributed by atoms with van der Waals surface area (Å²) in [7, 11) is 0. The topological polar surface area (TPSA) is 36.4 Å². The molecule has 2 N–H and O–H groups in total. The number of nitrogens with one attached hydrogen (secondary N) is 2. The molecule has 21 heavy (non-hydrogen) atoms. The molecule has 1 saturated heterocycles. The molecule has 2 aromatic carbocycles. The van der Waals surface area contributed by atoms with Crippen LogP contribution in [0.25, 0.3) is 0 Å². The first kappa shape index (κ1) is 14.3. The molecule has 0 aliphatic carbocycles. The summed E-state index contributed by atoms with van der Waals surface area (Å²) < 4.78 is 0. The lowest BCUT2D eigenvalue weighted by Crippen LogP contribution is -2.25. The minimum Gasteiger partial charge on any atom is -0.354 e. The van der Waals surface area contributed by atoms with Crippen LogP contribution in [0.1, 0.15) is 6.92 Å². The van der Waals surface area contributed by atoms with Crippen molar-refractivity contribution in [2.75, 3.05) is 6.54 Å². The Hall–Kier alpha value is -1.65. The molecule has 0 bridgehead atoms. The van der Waals surface area contributed by atoms with E-state index in [1.54, 1.807) is 11.8 Å². The second-order valence-electron chi connectivity index (χ2n) is 4.94. The zero-order chi connectivity index (χ0) is 14.7. The second kappa shape index (κ2) is 6.41. The summed E-state index contributed by atoms with van der Waals surface area (Å²) >= 11 is 7.60. The number of rotatable bonds is 3. The van der Waals surface area contributed by atoms with Crippen LogP contribution in [0.3, 0.4) is 0 Å². The summed E-state index contributed by atoms with van der Waals surface area (Å²) in [5, 5.41) is 7.28. The van der Waals surface area contributed by atoms with Gasteiger partial charge in [-0.15, -0.1) is 0 Å². The summed E-state index contributed by atoms with van der Waals surface area (Å²) in [6.45, 7) is 3.05. The highest BCUT2D eigenvalue weighted by atomic mass is 35.5. The molecule has 0 radical (unpaired) electrons. The third kappa shape index (κ3) is 3.93. The maximum Gasteiger partial charge on any atom is 0.196 e. The fourth-order valence-electron chi connectivity index (χ4n) is 2.01. The van der Waals surface area contributed by atoms with Gasteiger partial charge in [-0.3, -0.25) is 0 Å². The van der Waals surface area contributed by atoms with E-state index < -0.39 is 0 Å². The normalized spacial score (nSPS) is 19.3. The molecule has 1 aliphatic rings. The Bertz CT molecular complexity index is 638. The zero-order valence-corrected chi connectivity index (χ0v) is 13.2. The standard InChI is InChI=1S/C16H16ClN3S/c1-11-10-18-16(19-11)20-13-4-8-15(9-5-13)21-14-6-2-12(17)3-7-14/h2-9,11H,10H2,1H3,(H2,18,19,20). The van der Waals surface area contributed by atoms with Crippen molar-refractivity contribution >= 4 is 35.0 Å². The third-order valence-electron chi connectivity index (χ3n) is 3.09. The monoisotopic (exact) mass is 317 g/mol. The van der Waals surface area contributed by atoms with E-state index in [9.17, 15) is 0 Å². The molecule has 0 amide bonds. The molecule has 3 rings (SSSR count). The number of nitrogens with zero attached hydrogens (tertiary/aromatic N) is 1. The average Bonchev–Trinajstić information content (AvgIpc) is 2.89. The predicted molar refractivity (Wildman–Crippen MR) is 89.7 cm³/mol. The Balaban J connectivity index is 1.68. The number of hydrogen-bond acceptors (Lipinski definition) is 2. The van der Waals surface area contributed by atoms with Gasteiger partial charge < -0.3 is 10.6 Å². The van der Waals surface area contributed by atoms with Crippen LogP contribution in [-0.2, 0) is 0 Å². The molecule has 1 heterocycles. The van der Waals surface area contributed by atoms with Gasteiger partial charge in [0, 0.05) is 27.4 Å². The van der Waals surface area contributed by atoms with Crippen LogP contribution in [0, 0.1) is 0 Å². The van der Waals surface area contributed by atoms with E-state index in [-0.39, 0.29) is 0 Å². The molecule has 2 aromatic rings. The van der Waals surface area contributed by atoms with Crippen LogP contribution in [0.2, 0.25) is 5.02 Å². The first-order valence-electron chi connectivity index (χ1n) is 6.82. The van der Waals surface area contributed by atoms with E-state index >= 15 is 0 Å². The van der Waals surface area contributed by atoms with Crippen molar-refractivity contribution in [3.05, 3.63) is 53.6 Å². The van der Waals surface area contributed by atoms with Crippen LogP contribution in [0.15, 0.2) is 63.3 Å². The van der Waals surface area contributed by atoms with E-state index in [1.165, 1.54) is 9.79 Å². The molecule has 0 saturated carbocycles. The molecular formula is C16H16ClN3S. The maximum atomic E-state index is 5.89. The molecule has 1 aliphatic heterocycles. The van der Waals surface area contributed by atoms with Crippen molar-refractivity contribution in [3.8, 4) is 0 Å². The van der Waals surface area contributed by atoms with Crippen LogP contribution < -0.4 is 10.6 Å². The van der Waals surface area contributed by atoms with Crippen molar-refractivity contribution in [2.24, 2.45) is 4.99 Å². The average molecular weight is 318 g/mol. The SMILES string of the molecule is CC1CN/C(=N\c2ccc(Sc3ccc(Cl)cc3)cc2)N1. The van der Waals surface area contributed by atoms with Crippen molar-refractivity contribution < 1.29 is 0 Å². The van der Waals surface area contributed by atoms with E-state index in [1.807, 2.05) is 36.4 Å². The second-order valence-corrected chi connectivity index (χ2v) is 6.52. The summed E-state index contributed by atoms with van der Waals surface area (Å²) in [5.41, 5.74) is 0.944. The Morgan fingerprint density at radius 2 is 1.67 bits per heavy atom. The number of hydrogen-bond donors (Lipinski definition) is 2. The lowest BCUT2D eigenvalue weighted by atomic mass is 10.3. The van der Waals surface area contributed by atoms with Gasteiger partial charge >= 0.3 is 0 Å². The minimum absolute atomic E-state index is 0.434. The summed E-state index contributed by atoms with van der Waals surface area (Å²) in [5.74, 6) is 0.848. The first-order chi connectivity index (χ1) is 10.2. The van der Waals surface area contributed by atoms with Crippen molar-refractivity contribution in [2.45, 2.75) is 22.8 Å². The van der Waals surface area contributed by atoms with E-state index in [0.717, 1.165) is 23.2 Å². The Kier molecular flexibility index (Phi) is 4.36. The van der Waals surface area contributed by atoms with Crippen LogP contribution in [-0.4, -0.2) is 18.5 Å². The Morgan fingerprint density at radius 1 is 1.05 bits per heavy atom. The largest absolute Gasteiger partial charge is 0.354 e. The van der Waals surface area contributed by atoms with E-state index in [0.29, 0.717) is 6.04 Å². The van der Waals surface area contributed by atoms with Crippen LogP contribution in [0.5, 0.6) is 0 Å². The molecule has 5 heteroatoms. The third-order valence-corrected chi connectivity index (χ3v) is 4.35. The maximum absolute atomic E-state index is 5.89. The van der Waals surface area contributed by atoms with Gasteiger partial charge in [0.1, 0.15) is 0 Å². The number of guanidine groups is 1. The highest BCUT2D eigenvalue weighted by Gasteiger charge is 2.13. The van der Waals surface area contributed by atoms with Gasteiger partial charge in [-0.2, -0.15) is 0 Å². The molecule has 108 valence electrons. The van der Waals surface area contributed by atoms with Crippen molar-refractivity contribution in [3.63, 3.8) is 0 Å². The Labute approximate surface area is 133 Å². The van der Waals surface area contributed by atoms with Gasteiger partial charge in [-0.1, -0.05) is 23.4 Å². The molecule has 3 nitrogen and oxygen atoms in total. The van der Waals surface area contributed by atoms with Crippen LogP contribution >= 0.6 is 23.4 Å². The lowest BCUT2D eigenvalue weighted by Gasteiger charge is -2.03. The highest BCUT2D eigenvalue weighted by molar-refractivity contribution is 7.99. The molecule has 1 unspecified atom stereocenters. The fraction of sp³-hybridized carbons (Fsp3) is 0.188. The fourth-order valence-corrected chi connectivity index (χ4v) is 2.96. The molecule has 1 fully saturated rings. The van der Waals surface area contributed by atoms with Gasteiger partial charge in [0.25, 0.3) is 0 Å². The van der Waals surface area contributed by atoms with Gasteiger partial charge in [0.2, 0.25) is 0 Å². The Morgan fingerprint density at radius 3 is 2.24 bits per heavy atom. The van der Waals surface area contributed by atoms with Crippen molar-refractivity contribution in [1.29, 1.82) is 0 Å². The van der Waals surface area contributed by atoms with E-state index in [4.69, 9.17) is 11.6 Å². The van der Waals surface area contributed by atoms with Crippen molar-refractivity contribution in [1.82, 2.24) is 10.6 Å². The quantitative estimate of drug-likeness (QED) is 0.896. The molecular weight excluding hydrogens is 302 g/mol. The number of halogens is 1. The minimum atomic E-state index is 0.434. The first-order valence-corrected chi connectivity index (χ1v) is 8.01. The summed E-state index contributed by atoms with van der Waals surface area (Å²) in [6.07, 6.45) is 0. The summed E-state index contributed by atoms with van der Waals surface area (Å²) in [6, 6.07) is 16.5. The lowest BCUT2D eigenvalue weighted by molar-refractivity contribution is 0.723. The van der Waals surface area contributed by atoms with Gasteiger partial charge in [0.15, 0.2) is 5.96 Å². The molecule has 0 aromatic heterocycles. The van der Waals surface area contributed by atoms with Gasteiger partial charge in [0.05, 0.1) is 5.69 Å². The highest BCUT2D eigenvalue weighted by Crippen LogP contribution is 2.29. The zero-order valence-electron chi connectivity index (χ0n) is 11.6. The van der Waals surface area contributed by atoms with Gasteiger partial charge in [-0.05, 0) is 55.5 Å². The summed E-state index contributed by atoms with van der Waals surface area (Å²) in [4.78, 5) is 6.89. The van der Waals surface area contributed by atoms with Crippen LogP contribution in [0.4, 0.5) is 5.69 Å². The molecule has 1 atom stereocenters.